The average Bonchev–Trinajstić information content (AvgIpc) is 2.21. The molecule has 3 amide bonds. The van der Waals surface area contributed by atoms with E-state index in [4.69, 9.17) is 5.73 Å². The van der Waals surface area contributed by atoms with Gasteiger partial charge in [0.05, 0.1) is 6.54 Å². The van der Waals surface area contributed by atoms with Crippen molar-refractivity contribution >= 4 is 17.7 Å². The Morgan fingerprint density at radius 3 is 2.13 bits per heavy atom. The van der Waals surface area contributed by atoms with Crippen LogP contribution in [0, 0.1) is 0 Å². The van der Waals surface area contributed by atoms with E-state index in [9.17, 15) is 14.4 Å². The van der Waals surface area contributed by atoms with E-state index in [1.165, 1.54) is 4.90 Å². The maximum absolute atomic E-state index is 11.0. The zero-order valence-corrected chi connectivity index (χ0v) is 8.87. The molecular weight excluding hydrogens is 200 g/mol. The molecule has 0 aliphatic rings. The fraction of sp³-hybridized carbons (Fsp3) is 0.625. The Balaban J connectivity index is 3.83. The predicted octanol–water partition coefficient (Wildman–Crippen LogP) is -2.73. The van der Waals surface area contributed by atoms with Gasteiger partial charge >= 0.3 is 11.8 Å². The van der Waals surface area contributed by atoms with Crippen molar-refractivity contribution in [1.82, 2.24) is 15.5 Å². The molecule has 0 heterocycles. The van der Waals surface area contributed by atoms with Gasteiger partial charge in [0, 0.05) is 27.2 Å². The second kappa shape index (κ2) is 6.77. The molecule has 0 saturated carbocycles. The van der Waals surface area contributed by atoms with Crippen LogP contribution in [0.1, 0.15) is 0 Å². The Morgan fingerprint density at radius 2 is 1.67 bits per heavy atom. The lowest BCUT2D eigenvalue weighted by Gasteiger charge is -2.10. The zero-order chi connectivity index (χ0) is 11.8. The molecule has 0 rings (SSSR count). The van der Waals surface area contributed by atoms with E-state index in [1.807, 2.05) is 0 Å². The summed E-state index contributed by atoms with van der Waals surface area (Å²) in [6.07, 6.45) is 0. The van der Waals surface area contributed by atoms with E-state index in [2.05, 4.69) is 10.6 Å². The van der Waals surface area contributed by atoms with Crippen molar-refractivity contribution in [3.8, 4) is 0 Å². The average molecular weight is 216 g/mol. The minimum absolute atomic E-state index is 0.193. The summed E-state index contributed by atoms with van der Waals surface area (Å²) >= 11 is 0. The molecule has 0 spiro atoms. The fourth-order valence-electron chi connectivity index (χ4n) is 0.660. The van der Waals surface area contributed by atoms with E-state index >= 15 is 0 Å². The Labute approximate surface area is 88.0 Å². The van der Waals surface area contributed by atoms with Gasteiger partial charge < -0.3 is 21.3 Å². The molecule has 0 unspecified atom stereocenters. The van der Waals surface area contributed by atoms with E-state index in [0.717, 1.165) is 0 Å². The maximum atomic E-state index is 11.0. The Kier molecular flexibility index (Phi) is 6.03. The second-order valence-corrected chi connectivity index (χ2v) is 3.02. The summed E-state index contributed by atoms with van der Waals surface area (Å²) in [5, 5.41) is 4.47. The normalized spacial score (nSPS) is 9.27. The highest BCUT2D eigenvalue weighted by Gasteiger charge is 2.13. The molecule has 0 aromatic rings. The van der Waals surface area contributed by atoms with Gasteiger partial charge in [0.2, 0.25) is 5.91 Å². The van der Waals surface area contributed by atoms with E-state index in [-0.39, 0.29) is 25.5 Å². The molecule has 7 nitrogen and oxygen atoms in total. The third kappa shape index (κ3) is 5.63. The number of nitrogens with two attached hydrogens (primary N) is 1. The smallest absolute Gasteiger partial charge is 0.309 e. The van der Waals surface area contributed by atoms with Crippen LogP contribution in [-0.4, -0.2) is 56.4 Å². The van der Waals surface area contributed by atoms with Crippen molar-refractivity contribution in [2.45, 2.75) is 0 Å². The maximum Gasteiger partial charge on any atom is 0.309 e. The Morgan fingerprint density at radius 1 is 1.13 bits per heavy atom. The van der Waals surface area contributed by atoms with Gasteiger partial charge in [-0.05, 0) is 0 Å². The fourth-order valence-corrected chi connectivity index (χ4v) is 0.660. The zero-order valence-electron chi connectivity index (χ0n) is 8.87. The summed E-state index contributed by atoms with van der Waals surface area (Å²) in [5.74, 6) is -1.90. The van der Waals surface area contributed by atoms with Gasteiger partial charge in [0.25, 0.3) is 0 Å². The van der Waals surface area contributed by atoms with Crippen molar-refractivity contribution < 1.29 is 14.4 Å². The van der Waals surface area contributed by atoms with E-state index in [1.54, 1.807) is 14.1 Å². The largest absolute Gasteiger partial charge is 0.347 e. The lowest BCUT2D eigenvalue weighted by atomic mass is 10.4. The van der Waals surface area contributed by atoms with Crippen molar-refractivity contribution in [3.05, 3.63) is 0 Å². The van der Waals surface area contributed by atoms with Crippen LogP contribution in [0.25, 0.3) is 0 Å². The van der Waals surface area contributed by atoms with Crippen LogP contribution in [0.4, 0.5) is 0 Å². The summed E-state index contributed by atoms with van der Waals surface area (Å²) in [4.78, 5) is 34.4. The molecule has 0 atom stereocenters. The topological polar surface area (TPSA) is 105 Å². The van der Waals surface area contributed by atoms with Gasteiger partial charge in [-0.15, -0.1) is 0 Å². The predicted molar refractivity (Wildman–Crippen MR) is 53.8 cm³/mol. The summed E-state index contributed by atoms with van der Waals surface area (Å²) in [6, 6.07) is 0. The second-order valence-electron chi connectivity index (χ2n) is 3.02. The van der Waals surface area contributed by atoms with Crippen LogP contribution < -0.4 is 16.4 Å². The van der Waals surface area contributed by atoms with Crippen LogP contribution in [0.2, 0.25) is 0 Å². The summed E-state index contributed by atoms with van der Waals surface area (Å²) < 4.78 is 0. The highest BCUT2D eigenvalue weighted by Crippen LogP contribution is 1.76. The minimum atomic E-state index is -0.835. The van der Waals surface area contributed by atoms with Crippen LogP contribution in [0.3, 0.4) is 0 Å². The lowest BCUT2D eigenvalue weighted by molar-refractivity contribution is -0.140. The van der Waals surface area contributed by atoms with Gasteiger partial charge in [-0.1, -0.05) is 0 Å². The number of likely N-dealkylation sites (N-methyl/N-ethyl adjacent to an activating group) is 1. The third-order valence-corrected chi connectivity index (χ3v) is 1.54. The van der Waals surface area contributed by atoms with Crippen LogP contribution >= 0.6 is 0 Å². The number of rotatable bonds is 4. The molecule has 0 saturated heterocycles. The summed E-state index contributed by atoms with van der Waals surface area (Å²) in [5.41, 5.74) is 5.13. The number of amides is 3. The first-order valence-electron chi connectivity index (χ1n) is 4.45. The SMILES string of the molecule is CN(C)C(=O)CNC(=O)C(=O)NCCN. The molecule has 0 radical (unpaired) electrons. The first-order valence-corrected chi connectivity index (χ1v) is 4.45. The van der Waals surface area contributed by atoms with Gasteiger partial charge in [-0.25, -0.2) is 0 Å². The lowest BCUT2D eigenvalue weighted by Crippen LogP contribution is -2.44. The number of nitrogens with one attached hydrogen (secondary N) is 2. The highest BCUT2D eigenvalue weighted by molar-refractivity contribution is 6.35. The van der Waals surface area contributed by atoms with Gasteiger partial charge in [-0.3, -0.25) is 14.4 Å². The van der Waals surface area contributed by atoms with Gasteiger partial charge in [0.15, 0.2) is 0 Å². The van der Waals surface area contributed by atoms with Gasteiger partial charge in [-0.2, -0.15) is 0 Å². The summed E-state index contributed by atoms with van der Waals surface area (Å²) in [6.45, 7) is 0.297. The monoisotopic (exact) mass is 216 g/mol. The molecule has 4 N–H and O–H groups in total. The molecular formula is C8H16N4O3. The molecule has 0 fully saturated rings. The van der Waals surface area contributed by atoms with E-state index < -0.39 is 11.8 Å². The van der Waals surface area contributed by atoms with Crippen molar-refractivity contribution in [3.63, 3.8) is 0 Å². The first-order chi connectivity index (χ1) is 6.99. The molecule has 0 aromatic carbocycles. The third-order valence-electron chi connectivity index (χ3n) is 1.54. The number of nitrogens with zero attached hydrogens (tertiary/aromatic N) is 1. The number of carbonyl (C=O) groups excluding carboxylic acids is 3. The first kappa shape index (κ1) is 13.4. The Hall–Kier alpha value is -1.63. The Bertz CT molecular complexity index is 252. The molecule has 15 heavy (non-hydrogen) atoms. The van der Waals surface area contributed by atoms with Crippen molar-refractivity contribution in [2.75, 3.05) is 33.7 Å². The van der Waals surface area contributed by atoms with E-state index in [0.29, 0.717) is 0 Å². The number of hydrogen-bond donors (Lipinski definition) is 3. The van der Waals surface area contributed by atoms with Gasteiger partial charge in [0.1, 0.15) is 0 Å². The van der Waals surface area contributed by atoms with Crippen LogP contribution in [0.15, 0.2) is 0 Å². The molecule has 0 bridgehead atoms. The molecule has 0 aliphatic heterocycles. The molecule has 0 aromatic heterocycles. The molecule has 86 valence electrons. The summed E-state index contributed by atoms with van der Waals surface area (Å²) in [7, 11) is 3.12. The van der Waals surface area contributed by atoms with Crippen molar-refractivity contribution in [1.29, 1.82) is 0 Å². The number of hydrogen-bond acceptors (Lipinski definition) is 4. The molecule has 7 heteroatoms. The minimum Gasteiger partial charge on any atom is -0.347 e. The van der Waals surface area contributed by atoms with Crippen molar-refractivity contribution in [2.24, 2.45) is 5.73 Å². The highest BCUT2D eigenvalue weighted by atomic mass is 16.2. The van der Waals surface area contributed by atoms with Crippen LogP contribution in [-0.2, 0) is 14.4 Å². The molecule has 0 aliphatic carbocycles. The quantitative estimate of drug-likeness (QED) is 0.443. The number of carbonyl (C=O) groups is 3. The van der Waals surface area contributed by atoms with Crippen LogP contribution in [0.5, 0.6) is 0 Å². The standard InChI is InChI=1S/C8H16N4O3/c1-12(2)6(13)5-11-8(15)7(14)10-4-3-9/h3-5,9H2,1-2H3,(H,10,14)(H,11,15).